The topological polar surface area (TPSA) is 21.3 Å². The molecule has 0 unspecified atom stereocenters. The van der Waals surface area contributed by atoms with E-state index >= 15 is 0 Å². The molecule has 0 atom stereocenters. The smallest absolute Gasteiger partial charge is 0.122 e. The van der Waals surface area contributed by atoms with E-state index < -0.39 is 0 Å². The van der Waals surface area contributed by atoms with Crippen LogP contribution in [0, 0.1) is 5.92 Å². The van der Waals surface area contributed by atoms with Crippen LogP contribution in [0.15, 0.2) is 48.5 Å². The molecule has 1 fully saturated rings. The Labute approximate surface area is 124 Å². The Hall–Kier alpha value is -1.51. The molecule has 1 saturated heterocycles. The fourth-order valence-electron chi connectivity index (χ4n) is 2.32. The molecule has 1 aliphatic rings. The lowest BCUT2D eigenvalue weighted by atomic mass is 10.0. The first-order chi connectivity index (χ1) is 9.81. The molecule has 0 saturated carbocycles. The summed E-state index contributed by atoms with van der Waals surface area (Å²) in [4.78, 5) is 0. The van der Waals surface area contributed by atoms with Gasteiger partial charge in [0, 0.05) is 30.5 Å². The second-order valence-electron chi connectivity index (χ2n) is 5.25. The Bertz CT molecular complexity index is 566. The second-order valence-corrected chi connectivity index (χ2v) is 5.69. The SMILES string of the molecule is Clc1ccc(OCC2CNC2)c(Cc2ccccc2)c1. The van der Waals surface area contributed by atoms with Crippen LogP contribution in [0.5, 0.6) is 5.75 Å². The largest absolute Gasteiger partial charge is 0.493 e. The third kappa shape index (κ3) is 3.33. The molecule has 0 spiro atoms. The van der Waals surface area contributed by atoms with Gasteiger partial charge in [0.15, 0.2) is 0 Å². The minimum atomic E-state index is 0.634. The van der Waals surface area contributed by atoms with Crippen LogP contribution in [0.1, 0.15) is 11.1 Å². The minimum absolute atomic E-state index is 0.634. The molecule has 3 heteroatoms. The van der Waals surface area contributed by atoms with Crippen LogP contribution in [-0.4, -0.2) is 19.7 Å². The Morgan fingerprint density at radius 3 is 2.60 bits per heavy atom. The number of hydrogen-bond acceptors (Lipinski definition) is 2. The molecule has 1 N–H and O–H groups in total. The summed E-state index contributed by atoms with van der Waals surface area (Å²) in [7, 11) is 0. The van der Waals surface area contributed by atoms with Crippen molar-refractivity contribution in [2.75, 3.05) is 19.7 Å². The van der Waals surface area contributed by atoms with Crippen molar-refractivity contribution in [3.63, 3.8) is 0 Å². The molecule has 20 heavy (non-hydrogen) atoms. The van der Waals surface area contributed by atoms with Gasteiger partial charge in [-0.15, -0.1) is 0 Å². The molecule has 2 nitrogen and oxygen atoms in total. The van der Waals surface area contributed by atoms with Crippen molar-refractivity contribution in [2.24, 2.45) is 5.92 Å². The fourth-order valence-corrected chi connectivity index (χ4v) is 2.51. The summed E-state index contributed by atoms with van der Waals surface area (Å²) in [6, 6.07) is 16.3. The van der Waals surface area contributed by atoms with E-state index in [2.05, 4.69) is 29.6 Å². The van der Waals surface area contributed by atoms with Crippen molar-refractivity contribution >= 4 is 11.6 Å². The van der Waals surface area contributed by atoms with E-state index in [0.29, 0.717) is 5.92 Å². The third-order valence-electron chi connectivity index (χ3n) is 3.60. The summed E-state index contributed by atoms with van der Waals surface area (Å²) in [5.74, 6) is 1.58. The summed E-state index contributed by atoms with van der Waals surface area (Å²) in [5.41, 5.74) is 2.42. The molecule has 3 rings (SSSR count). The molecule has 1 heterocycles. The first-order valence-electron chi connectivity index (χ1n) is 6.97. The lowest BCUT2D eigenvalue weighted by Gasteiger charge is -2.27. The average molecular weight is 288 g/mol. The number of nitrogens with one attached hydrogen (secondary N) is 1. The summed E-state index contributed by atoms with van der Waals surface area (Å²) in [5, 5.41) is 4.02. The maximum atomic E-state index is 6.12. The predicted molar refractivity (Wildman–Crippen MR) is 82.6 cm³/mol. The fraction of sp³-hybridized carbons (Fsp3) is 0.294. The van der Waals surface area contributed by atoms with E-state index in [1.807, 2.05) is 24.3 Å². The third-order valence-corrected chi connectivity index (χ3v) is 3.84. The monoisotopic (exact) mass is 287 g/mol. The number of hydrogen-bond donors (Lipinski definition) is 1. The highest BCUT2D eigenvalue weighted by Crippen LogP contribution is 2.26. The Morgan fingerprint density at radius 1 is 1.10 bits per heavy atom. The molecule has 2 aromatic carbocycles. The molecule has 0 aliphatic carbocycles. The van der Waals surface area contributed by atoms with Gasteiger partial charge in [-0.3, -0.25) is 0 Å². The van der Waals surface area contributed by atoms with Crippen molar-refractivity contribution in [2.45, 2.75) is 6.42 Å². The first-order valence-corrected chi connectivity index (χ1v) is 7.35. The summed E-state index contributed by atoms with van der Waals surface area (Å²) < 4.78 is 5.97. The number of ether oxygens (including phenoxy) is 1. The number of benzene rings is 2. The van der Waals surface area contributed by atoms with E-state index in [9.17, 15) is 0 Å². The predicted octanol–water partition coefficient (Wildman–Crippen LogP) is 3.53. The minimum Gasteiger partial charge on any atom is -0.493 e. The molecular formula is C17H18ClNO. The van der Waals surface area contributed by atoms with Crippen molar-refractivity contribution in [3.8, 4) is 5.75 Å². The van der Waals surface area contributed by atoms with Crippen molar-refractivity contribution in [1.82, 2.24) is 5.32 Å². The van der Waals surface area contributed by atoms with Gasteiger partial charge in [0.2, 0.25) is 0 Å². The van der Waals surface area contributed by atoms with E-state index in [-0.39, 0.29) is 0 Å². The van der Waals surface area contributed by atoms with Crippen molar-refractivity contribution < 1.29 is 4.74 Å². The van der Waals surface area contributed by atoms with Crippen LogP contribution in [0.3, 0.4) is 0 Å². The molecule has 0 bridgehead atoms. The molecule has 1 aliphatic heterocycles. The van der Waals surface area contributed by atoms with Gasteiger partial charge in [-0.1, -0.05) is 41.9 Å². The van der Waals surface area contributed by atoms with Crippen LogP contribution < -0.4 is 10.1 Å². The van der Waals surface area contributed by atoms with Gasteiger partial charge < -0.3 is 10.1 Å². The van der Waals surface area contributed by atoms with Gasteiger partial charge in [-0.2, -0.15) is 0 Å². The van der Waals surface area contributed by atoms with E-state index in [1.54, 1.807) is 0 Å². The van der Waals surface area contributed by atoms with Crippen LogP contribution in [0.25, 0.3) is 0 Å². The zero-order valence-electron chi connectivity index (χ0n) is 11.3. The van der Waals surface area contributed by atoms with Crippen LogP contribution in [0.4, 0.5) is 0 Å². The number of rotatable bonds is 5. The quantitative estimate of drug-likeness (QED) is 0.908. The van der Waals surface area contributed by atoms with E-state index in [0.717, 1.165) is 42.5 Å². The highest BCUT2D eigenvalue weighted by atomic mass is 35.5. The van der Waals surface area contributed by atoms with Gasteiger partial charge in [0.05, 0.1) is 6.61 Å². The molecule has 0 aromatic heterocycles. The highest BCUT2D eigenvalue weighted by Gasteiger charge is 2.18. The summed E-state index contributed by atoms with van der Waals surface area (Å²) >= 11 is 6.12. The van der Waals surface area contributed by atoms with Gasteiger partial charge >= 0.3 is 0 Å². The lowest BCUT2D eigenvalue weighted by molar-refractivity contribution is 0.198. The summed E-state index contributed by atoms with van der Waals surface area (Å²) in [6.07, 6.45) is 0.847. The van der Waals surface area contributed by atoms with Crippen molar-refractivity contribution in [1.29, 1.82) is 0 Å². The van der Waals surface area contributed by atoms with Gasteiger partial charge in [0.25, 0.3) is 0 Å². The Kier molecular flexibility index (Phi) is 4.24. The van der Waals surface area contributed by atoms with Crippen LogP contribution in [0.2, 0.25) is 5.02 Å². The van der Waals surface area contributed by atoms with Gasteiger partial charge in [-0.25, -0.2) is 0 Å². The lowest BCUT2D eigenvalue weighted by Crippen LogP contribution is -2.45. The maximum absolute atomic E-state index is 6.12. The van der Waals surface area contributed by atoms with E-state index in [1.165, 1.54) is 5.56 Å². The summed E-state index contributed by atoms with van der Waals surface area (Å²) in [6.45, 7) is 2.89. The molecule has 2 aromatic rings. The van der Waals surface area contributed by atoms with E-state index in [4.69, 9.17) is 16.3 Å². The first kappa shape index (κ1) is 13.5. The number of halogens is 1. The Balaban J connectivity index is 1.74. The molecular weight excluding hydrogens is 270 g/mol. The van der Waals surface area contributed by atoms with Crippen LogP contribution >= 0.6 is 11.6 Å². The standard InChI is InChI=1S/C17H18ClNO/c18-16-6-7-17(20-12-14-10-19-11-14)15(9-16)8-13-4-2-1-3-5-13/h1-7,9,14,19H,8,10-12H2. The van der Waals surface area contributed by atoms with Crippen molar-refractivity contribution in [3.05, 3.63) is 64.7 Å². The molecule has 0 radical (unpaired) electrons. The van der Waals surface area contributed by atoms with Gasteiger partial charge in [0.1, 0.15) is 5.75 Å². The average Bonchev–Trinajstić information content (AvgIpc) is 2.40. The highest BCUT2D eigenvalue weighted by molar-refractivity contribution is 6.30. The molecule has 104 valence electrons. The zero-order chi connectivity index (χ0) is 13.8. The van der Waals surface area contributed by atoms with Gasteiger partial charge in [-0.05, 0) is 29.3 Å². The second kappa shape index (κ2) is 6.29. The van der Waals surface area contributed by atoms with Crippen LogP contribution in [-0.2, 0) is 6.42 Å². The molecule has 0 amide bonds. The normalized spacial score (nSPS) is 14.8. The Morgan fingerprint density at radius 2 is 1.90 bits per heavy atom. The zero-order valence-corrected chi connectivity index (χ0v) is 12.1. The maximum Gasteiger partial charge on any atom is 0.122 e.